The topological polar surface area (TPSA) is 96.6 Å². The van der Waals surface area contributed by atoms with Gasteiger partial charge in [-0.3, -0.25) is 4.57 Å². The van der Waals surface area contributed by atoms with Gasteiger partial charge in [-0.25, -0.2) is 9.78 Å². The molecule has 2 aromatic carbocycles. The number of carboxylic acids is 1. The summed E-state index contributed by atoms with van der Waals surface area (Å²) < 4.78 is 51.7. The summed E-state index contributed by atoms with van der Waals surface area (Å²) in [6.45, 7) is -0.468. The summed E-state index contributed by atoms with van der Waals surface area (Å²) in [5.41, 5.74) is -0.102. The van der Waals surface area contributed by atoms with Crippen molar-refractivity contribution in [1.29, 1.82) is 0 Å². The first-order chi connectivity index (χ1) is 15.2. The third-order valence-electron chi connectivity index (χ3n) is 4.66. The van der Waals surface area contributed by atoms with Crippen molar-refractivity contribution in [2.24, 2.45) is 0 Å². The minimum Gasteiger partial charge on any atom is -0.870 e. The summed E-state index contributed by atoms with van der Waals surface area (Å²) in [5, 5.41) is 21.9. The lowest BCUT2D eigenvalue weighted by atomic mass is 10.1. The van der Waals surface area contributed by atoms with E-state index in [-0.39, 0.29) is 27.7 Å². The van der Waals surface area contributed by atoms with Crippen LogP contribution in [-0.4, -0.2) is 27.7 Å². The average molecular weight is 463 g/mol. The van der Waals surface area contributed by atoms with Crippen LogP contribution < -0.4 is 14.6 Å². The highest BCUT2D eigenvalue weighted by molar-refractivity contribution is 7.16. The molecule has 0 aliphatic carbocycles. The molecule has 0 aliphatic rings. The molecule has 32 heavy (non-hydrogen) atoms. The summed E-state index contributed by atoms with van der Waals surface area (Å²) in [6.07, 6.45) is -3.16. The van der Waals surface area contributed by atoms with Gasteiger partial charge < -0.3 is 19.7 Å². The molecular weight excluding hydrogens is 449 g/mol. The van der Waals surface area contributed by atoms with Crippen molar-refractivity contribution in [2.45, 2.75) is 12.8 Å². The largest absolute Gasteiger partial charge is 0.870 e. The number of thiophene rings is 1. The molecule has 4 aromatic rings. The van der Waals surface area contributed by atoms with E-state index in [4.69, 9.17) is 9.47 Å². The molecule has 0 aliphatic heterocycles. The van der Waals surface area contributed by atoms with Crippen molar-refractivity contribution in [1.82, 2.24) is 9.55 Å². The summed E-state index contributed by atoms with van der Waals surface area (Å²) in [7, 11) is 1.35. The van der Waals surface area contributed by atoms with E-state index in [0.717, 1.165) is 17.4 Å². The first kappa shape index (κ1) is 21.5. The Morgan fingerprint density at radius 3 is 2.66 bits per heavy atom. The molecule has 0 saturated carbocycles. The third kappa shape index (κ3) is 3.94. The van der Waals surface area contributed by atoms with Crippen LogP contribution >= 0.6 is 11.3 Å². The number of nitrogens with zero attached hydrogens (tertiary/aromatic N) is 2. The summed E-state index contributed by atoms with van der Waals surface area (Å²) in [4.78, 5) is 15.7. The number of halogens is 3. The van der Waals surface area contributed by atoms with Gasteiger partial charge in [0.1, 0.15) is 29.4 Å². The van der Waals surface area contributed by atoms with Crippen LogP contribution in [0.3, 0.4) is 0 Å². The van der Waals surface area contributed by atoms with Gasteiger partial charge >= 0.3 is 12.1 Å². The lowest BCUT2D eigenvalue weighted by Gasteiger charge is -2.13. The third-order valence-corrected chi connectivity index (χ3v) is 5.76. The van der Waals surface area contributed by atoms with E-state index in [0.29, 0.717) is 16.0 Å². The highest BCUT2D eigenvalue weighted by atomic mass is 32.1. The lowest BCUT2D eigenvalue weighted by molar-refractivity contribution is -0.269. The molecule has 1 N–H and O–H groups in total. The molecule has 0 unspecified atom stereocenters. The Bertz CT molecular complexity index is 1310. The van der Waals surface area contributed by atoms with E-state index in [1.54, 1.807) is 4.57 Å². The zero-order chi connectivity index (χ0) is 23.0. The molecule has 0 amide bonds. The molecule has 7 nitrogen and oxygen atoms in total. The summed E-state index contributed by atoms with van der Waals surface area (Å²) in [6, 6.07) is 9.09. The Labute approximate surface area is 182 Å². The maximum atomic E-state index is 13.2. The molecule has 0 bridgehead atoms. The van der Waals surface area contributed by atoms with Crippen molar-refractivity contribution >= 4 is 28.3 Å². The van der Waals surface area contributed by atoms with Crippen molar-refractivity contribution in [3.63, 3.8) is 0 Å². The van der Waals surface area contributed by atoms with E-state index in [9.17, 15) is 28.2 Å². The van der Waals surface area contributed by atoms with Crippen LogP contribution in [-0.2, 0) is 12.8 Å². The molecule has 4 rings (SSSR count). The smallest absolute Gasteiger partial charge is 0.416 e. The van der Waals surface area contributed by atoms with E-state index < -0.39 is 24.3 Å². The quantitative estimate of drug-likeness (QED) is 0.453. The molecule has 0 atom stereocenters. The number of benzene rings is 2. The van der Waals surface area contributed by atoms with Gasteiger partial charge in [0, 0.05) is 17.7 Å². The van der Waals surface area contributed by atoms with Crippen LogP contribution in [0.25, 0.3) is 16.0 Å². The van der Waals surface area contributed by atoms with Crippen molar-refractivity contribution in [3.05, 3.63) is 64.8 Å². The Morgan fingerprint density at radius 1 is 1.22 bits per heavy atom. The Hall–Kier alpha value is -3.73. The van der Waals surface area contributed by atoms with Gasteiger partial charge in [-0.1, -0.05) is 23.9 Å². The molecule has 2 aromatic heterocycles. The number of alkyl halides is 3. The fourth-order valence-corrected chi connectivity index (χ4v) is 4.09. The minimum absolute atomic E-state index is 0.0799. The molecular formula is C21H14F3N2O5S-. The molecule has 0 saturated heterocycles. The van der Waals surface area contributed by atoms with Gasteiger partial charge in [0.05, 0.1) is 23.7 Å². The van der Waals surface area contributed by atoms with Crippen LogP contribution in [0.5, 0.6) is 17.2 Å². The number of ether oxygens (including phenoxy) is 2. The van der Waals surface area contributed by atoms with Crippen LogP contribution in [0.2, 0.25) is 0 Å². The standard InChI is InChI=1S/C21H15F3N2O5S/c1-30-16-7-14-13(6-15(16)27)25-10-26(14)18-8-17(19(32-18)20(28)29)31-9-11-4-2-3-5-12(11)21(22,23)24/h2-8,10,27H,9H2,1H3,(H,28,29)/p-1. The molecule has 11 heteroatoms. The molecule has 166 valence electrons. The van der Waals surface area contributed by atoms with Gasteiger partial charge in [-0.05, 0) is 12.1 Å². The first-order valence-electron chi connectivity index (χ1n) is 9.06. The normalized spacial score (nSPS) is 11.6. The highest BCUT2D eigenvalue weighted by Crippen LogP contribution is 2.37. The number of fused-ring (bicyclic) bond motifs is 1. The summed E-state index contributed by atoms with van der Waals surface area (Å²) >= 11 is 0.860. The highest BCUT2D eigenvalue weighted by Gasteiger charge is 2.33. The zero-order valence-electron chi connectivity index (χ0n) is 16.3. The number of imidazole rings is 1. The predicted octanol–water partition coefficient (Wildman–Crippen LogP) is 4.47. The first-order valence-corrected chi connectivity index (χ1v) is 9.88. The number of hydrogen-bond donors (Lipinski definition) is 1. The van der Waals surface area contributed by atoms with Gasteiger partial charge in [0.2, 0.25) is 0 Å². The SMILES string of the molecule is COc1cc2c(cc1[O-])ncn2-c1cc(OCc2ccccc2C(F)(F)F)c(C(=O)O)s1. The van der Waals surface area contributed by atoms with Crippen LogP contribution in [0, 0.1) is 0 Å². The number of methoxy groups -OCH3 is 1. The second kappa shape index (κ2) is 8.08. The van der Waals surface area contributed by atoms with Crippen LogP contribution in [0.1, 0.15) is 20.8 Å². The van der Waals surface area contributed by atoms with Crippen molar-refractivity contribution < 1.29 is 37.7 Å². The number of carbonyl (C=O) groups is 1. The lowest BCUT2D eigenvalue weighted by Crippen LogP contribution is -2.11. The van der Waals surface area contributed by atoms with E-state index >= 15 is 0 Å². The fraction of sp³-hybridized carbons (Fsp3) is 0.143. The van der Waals surface area contributed by atoms with E-state index in [1.807, 2.05) is 0 Å². The number of rotatable bonds is 6. The summed E-state index contributed by atoms with van der Waals surface area (Å²) in [5.74, 6) is -1.63. The Balaban J connectivity index is 1.71. The van der Waals surface area contributed by atoms with Gasteiger partial charge in [-0.2, -0.15) is 13.2 Å². The molecule has 2 heterocycles. The number of aromatic carboxylic acids is 1. The van der Waals surface area contributed by atoms with E-state index in [2.05, 4.69) is 4.98 Å². The van der Waals surface area contributed by atoms with Crippen molar-refractivity contribution in [2.75, 3.05) is 7.11 Å². The van der Waals surface area contributed by atoms with E-state index in [1.165, 1.54) is 49.8 Å². The van der Waals surface area contributed by atoms with Gasteiger partial charge in [-0.15, -0.1) is 11.3 Å². The molecule has 0 radical (unpaired) electrons. The monoisotopic (exact) mass is 463 g/mol. The number of aromatic nitrogens is 2. The minimum atomic E-state index is -4.56. The van der Waals surface area contributed by atoms with Crippen LogP contribution in [0.4, 0.5) is 13.2 Å². The number of carboxylic acid groups (broad SMARTS) is 1. The second-order valence-electron chi connectivity index (χ2n) is 6.63. The fourth-order valence-electron chi connectivity index (χ4n) is 3.17. The Kier molecular flexibility index (Phi) is 5.43. The maximum Gasteiger partial charge on any atom is 0.416 e. The Morgan fingerprint density at radius 2 is 1.97 bits per heavy atom. The van der Waals surface area contributed by atoms with Gasteiger partial charge in [0.15, 0.2) is 4.88 Å². The van der Waals surface area contributed by atoms with Crippen LogP contribution in [0.15, 0.2) is 48.8 Å². The number of hydrogen-bond acceptors (Lipinski definition) is 6. The maximum absolute atomic E-state index is 13.2. The molecule has 0 spiro atoms. The molecule has 0 fully saturated rings. The average Bonchev–Trinajstić information content (AvgIpc) is 3.34. The zero-order valence-corrected chi connectivity index (χ0v) is 17.2. The van der Waals surface area contributed by atoms with Crippen molar-refractivity contribution in [3.8, 4) is 22.2 Å². The van der Waals surface area contributed by atoms with Gasteiger partial charge in [0.25, 0.3) is 0 Å². The second-order valence-corrected chi connectivity index (χ2v) is 7.66. The predicted molar refractivity (Wildman–Crippen MR) is 108 cm³/mol.